The van der Waals surface area contributed by atoms with E-state index in [1.54, 1.807) is 23.2 Å². The number of allylic oxidation sites excluding steroid dienone is 1. The first-order chi connectivity index (χ1) is 7.65. The number of nitrogens with zero attached hydrogens (tertiary/aromatic N) is 1. The first kappa shape index (κ1) is 12.9. The third kappa shape index (κ3) is 3.79. The summed E-state index contributed by atoms with van der Waals surface area (Å²) in [7, 11) is 1.83. The van der Waals surface area contributed by atoms with Gasteiger partial charge in [0.05, 0.1) is 0 Å². The molecule has 0 atom stereocenters. The van der Waals surface area contributed by atoms with Crippen molar-refractivity contribution >= 4 is 34.1 Å². The van der Waals surface area contributed by atoms with Crippen molar-refractivity contribution in [1.29, 1.82) is 0 Å². The number of hydrogen-bond acceptors (Lipinski definition) is 3. The van der Waals surface area contributed by atoms with Gasteiger partial charge in [-0.25, -0.2) is 0 Å². The van der Waals surface area contributed by atoms with Gasteiger partial charge in [0.2, 0.25) is 0 Å². The molecule has 0 bridgehead atoms. The van der Waals surface area contributed by atoms with Gasteiger partial charge in [0, 0.05) is 24.9 Å². The molecule has 0 heterocycles. The lowest BCUT2D eigenvalue weighted by molar-refractivity contribution is 0.104. The van der Waals surface area contributed by atoms with Gasteiger partial charge in [-0.15, -0.1) is 11.8 Å². The molecule has 16 heavy (non-hydrogen) atoms. The number of rotatable bonds is 3. The number of thiocarbonyl (C=S) groups is 1. The average Bonchev–Trinajstić information content (AvgIpc) is 2.35. The normalized spacial score (nSPS) is 10.4. The smallest absolute Gasteiger partial charge is 0.187 e. The van der Waals surface area contributed by atoms with Crippen LogP contribution in [-0.2, 0) is 0 Å². The van der Waals surface area contributed by atoms with Crippen molar-refractivity contribution in [3.05, 3.63) is 48.2 Å². The lowest BCUT2D eigenvalue weighted by atomic mass is 10.1. The molecule has 0 spiro atoms. The molecule has 0 aliphatic carbocycles. The summed E-state index contributed by atoms with van der Waals surface area (Å²) in [6.45, 7) is 0. The molecule has 2 nitrogen and oxygen atoms in total. The van der Waals surface area contributed by atoms with Gasteiger partial charge in [-0.3, -0.25) is 4.79 Å². The molecular weight excluding hydrogens is 238 g/mol. The van der Waals surface area contributed by atoms with Crippen LogP contribution in [0.2, 0.25) is 0 Å². The Balaban J connectivity index is 2.65. The average molecular weight is 251 g/mol. The van der Waals surface area contributed by atoms with Crippen LogP contribution >= 0.6 is 24.0 Å². The summed E-state index contributed by atoms with van der Waals surface area (Å²) < 4.78 is 0.733. The van der Waals surface area contributed by atoms with E-state index in [1.165, 1.54) is 17.8 Å². The zero-order valence-corrected chi connectivity index (χ0v) is 10.8. The molecule has 0 N–H and O–H groups in total. The molecule has 0 aromatic heterocycles. The predicted octanol–water partition coefficient (Wildman–Crippen LogP) is 2.96. The van der Waals surface area contributed by atoms with Crippen LogP contribution in [0.4, 0.5) is 0 Å². The Labute approximate surface area is 105 Å². The fraction of sp³-hybridized carbons (Fsp3) is 0.167. The highest BCUT2D eigenvalue weighted by Crippen LogP contribution is 2.05. The first-order valence-electron chi connectivity index (χ1n) is 4.73. The van der Waals surface area contributed by atoms with Crippen LogP contribution < -0.4 is 0 Å². The van der Waals surface area contributed by atoms with E-state index < -0.39 is 0 Å². The number of benzene rings is 1. The molecule has 0 radical (unpaired) electrons. The highest BCUT2D eigenvalue weighted by molar-refractivity contribution is 8.22. The fourth-order valence-corrected chi connectivity index (χ4v) is 1.49. The Morgan fingerprint density at radius 1 is 1.38 bits per heavy atom. The van der Waals surface area contributed by atoms with Crippen molar-refractivity contribution < 1.29 is 4.79 Å². The van der Waals surface area contributed by atoms with Gasteiger partial charge in [0.15, 0.2) is 5.78 Å². The maximum Gasteiger partial charge on any atom is 0.187 e. The number of ketones is 1. The number of thioether (sulfide) groups is 1. The van der Waals surface area contributed by atoms with Crippen LogP contribution in [0.3, 0.4) is 0 Å². The lowest BCUT2D eigenvalue weighted by Crippen LogP contribution is -2.15. The second-order valence-electron chi connectivity index (χ2n) is 3.13. The second-order valence-corrected chi connectivity index (χ2v) is 4.57. The largest absolute Gasteiger partial charge is 0.337 e. The van der Waals surface area contributed by atoms with E-state index in [0.29, 0.717) is 5.56 Å². The molecule has 0 aliphatic heterocycles. The zero-order valence-electron chi connectivity index (χ0n) is 9.21. The summed E-state index contributed by atoms with van der Waals surface area (Å²) in [6, 6.07) is 9.16. The highest BCUT2D eigenvalue weighted by atomic mass is 32.2. The zero-order chi connectivity index (χ0) is 12.0. The van der Waals surface area contributed by atoms with E-state index in [-0.39, 0.29) is 5.78 Å². The number of carbonyl (C=O) groups excluding carboxylic acids is 1. The minimum absolute atomic E-state index is 0.0173. The highest BCUT2D eigenvalue weighted by Gasteiger charge is 2.01. The molecule has 1 rings (SSSR count). The summed E-state index contributed by atoms with van der Waals surface area (Å²) in [5, 5.41) is 0. The van der Waals surface area contributed by atoms with Crippen LogP contribution in [0, 0.1) is 0 Å². The molecule has 0 aliphatic rings. The third-order valence-electron chi connectivity index (χ3n) is 1.97. The molecule has 84 valence electrons. The second kappa shape index (κ2) is 6.45. The lowest BCUT2D eigenvalue weighted by Gasteiger charge is -2.11. The quantitative estimate of drug-likeness (QED) is 0.467. The van der Waals surface area contributed by atoms with E-state index in [4.69, 9.17) is 12.2 Å². The summed E-state index contributed by atoms with van der Waals surface area (Å²) in [4.78, 5) is 13.4. The Kier molecular flexibility index (Phi) is 5.22. The summed E-state index contributed by atoms with van der Waals surface area (Å²) in [5.74, 6) is -0.0173. The van der Waals surface area contributed by atoms with E-state index in [1.807, 2.05) is 31.5 Å². The van der Waals surface area contributed by atoms with Gasteiger partial charge in [-0.2, -0.15) is 0 Å². The van der Waals surface area contributed by atoms with Crippen LogP contribution in [0.15, 0.2) is 42.6 Å². The van der Waals surface area contributed by atoms with Crippen molar-refractivity contribution in [1.82, 2.24) is 4.90 Å². The number of hydrogen-bond donors (Lipinski definition) is 0. The van der Waals surface area contributed by atoms with Gasteiger partial charge in [0.25, 0.3) is 0 Å². The minimum Gasteiger partial charge on any atom is -0.337 e. The Morgan fingerprint density at radius 2 is 2.00 bits per heavy atom. The minimum atomic E-state index is -0.0173. The molecular formula is C12H13NOS2. The third-order valence-corrected chi connectivity index (χ3v) is 3.40. The summed E-state index contributed by atoms with van der Waals surface area (Å²) >= 11 is 6.55. The molecule has 4 heteroatoms. The van der Waals surface area contributed by atoms with E-state index in [9.17, 15) is 4.79 Å². The van der Waals surface area contributed by atoms with Gasteiger partial charge in [0.1, 0.15) is 4.32 Å². The predicted molar refractivity (Wildman–Crippen MR) is 73.8 cm³/mol. The number of carbonyl (C=O) groups is 1. The van der Waals surface area contributed by atoms with Crippen molar-refractivity contribution in [2.24, 2.45) is 0 Å². The maximum absolute atomic E-state index is 11.7. The van der Waals surface area contributed by atoms with Crippen LogP contribution in [0.1, 0.15) is 10.4 Å². The fourth-order valence-electron chi connectivity index (χ4n) is 1.08. The van der Waals surface area contributed by atoms with Crippen LogP contribution in [-0.4, -0.2) is 28.3 Å². The van der Waals surface area contributed by atoms with E-state index in [0.717, 1.165) is 4.32 Å². The SMILES string of the molecule is CSC(=S)N(C)/C=C/C(=O)c1ccccc1. The molecule has 0 unspecified atom stereocenters. The van der Waals surface area contributed by atoms with Gasteiger partial charge < -0.3 is 4.90 Å². The van der Waals surface area contributed by atoms with Gasteiger partial charge in [-0.1, -0.05) is 42.5 Å². The van der Waals surface area contributed by atoms with E-state index >= 15 is 0 Å². The van der Waals surface area contributed by atoms with Gasteiger partial charge >= 0.3 is 0 Å². The van der Waals surface area contributed by atoms with Crippen molar-refractivity contribution in [2.45, 2.75) is 0 Å². The van der Waals surface area contributed by atoms with Crippen LogP contribution in [0.25, 0.3) is 0 Å². The Bertz CT molecular complexity index is 401. The molecule has 1 aromatic rings. The standard InChI is InChI=1S/C12H13NOS2/c1-13(12(15)16-2)9-8-11(14)10-6-4-3-5-7-10/h3-9H,1-2H3/b9-8+. The maximum atomic E-state index is 11.7. The molecule has 0 saturated heterocycles. The monoisotopic (exact) mass is 251 g/mol. The Morgan fingerprint density at radius 3 is 2.56 bits per heavy atom. The van der Waals surface area contributed by atoms with Crippen molar-refractivity contribution in [3.63, 3.8) is 0 Å². The summed E-state index contributed by atoms with van der Waals surface area (Å²) in [5.41, 5.74) is 0.683. The van der Waals surface area contributed by atoms with Gasteiger partial charge in [-0.05, 0) is 6.26 Å². The molecule has 1 aromatic carbocycles. The summed E-state index contributed by atoms with van der Waals surface area (Å²) in [6.07, 6.45) is 5.12. The molecule has 0 amide bonds. The van der Waals surface area contributed by atoms with Crippen molar-refractivity contribution in [3.8, 4) is 0 Å². The first-order valence-corrected chi connectivity index (χ1v) is 6.37. The van der Waals surface area contributed by atoms with Crippen LogP contribution in [0.5, 0.6) is 0 Å². The van der Waals surface area contributed by atoms with E-state index in [2.05, 4.69) is 0 Å². The topological polar surface area (TPSA) is 20.3 Å². The molecule has 0 fully saturated rings. The van der Waals surface area contributed by atoms with Crippen molar-refractivity contribution in [2.75, 3.05) is 13.3 Å². The Hall–Kier alpha value is -1.13. The molecule has 0 saturated carbocycles.